The van der Waals surface area contributed by atoms with E-state index in [1.807, 2.05) is 0 Å². The van der Waals surface area contributed by atoms with Crippen LogP contribution in [-0.2, 0) is 16.2 Å². The SMILES string of the molecule is O=C(O)CC1SC(=NN=Cc2ccccc2COc2cc(F)cc(F)c2)NC1=O. The third-order valence-corrected chi connectivity index (χ3v) is 4.84. The number of amides is 1. The van der Waals surface area contributed by atoms with Gasteiger partial charge in [-0.05, 0) is 5.56 Å². The molecule has 0 radical (unpaired) electrons. The Morgan fingerprint density at radius 3 is 2.69 bits per heavy atom. The zero-order valence-electron chi connectivity index (χ0n) is 14.8. The highest BCUT2D eigenvalue weighted by atomic mass is 32.2. The van der Waals surface area contributed by atoms with Crippen molar-refractivity contribution in [3.05, 3.63) is 65.2 Å². The molecule has 1 aliphatic heterocycles. The van der Waals surface area contributed by atoms with Gasteiger partial charge in [-0.25, -0.2) is 8.78 Å². The van der Waals surface area contributed by atoms with Crippen LogP contribution in [0.1, 0.15) is 17.5 Å². The summed E-state index contributed by atoms with van der Waals surface area (Å²) in [6.07, 6.45) is 1.13. The molecule has 0 aliphatic carbocycles. The number of nitrogens with zero attached hydrogens (tertiary/aromatic N) is 2. The van der Waals surface area contributed by atoms with Gasteiger partial charge in [0.25, 0.3) is 0 Å². The third-order valence-electron chi connectivity index (χ3n) is 3.77. The van der Waals surface area contributed by atoms with Crippen molar-refractivity contribution in [1.29, 1.82) is 0 Å². The summed E-state index contributed by atoms with van der Waals surface area (Å²) in [5, 5.41) is 18.5. The molecule has 1 unspecified atom stereocenters. The van der Waals surface area contributed by atoms with Crippen LogP contribution in [0.2, 0.25) is 0 Å². The Morgan fingerprint density at radius 1 is 1.24 bits per heavy atom. The van der Waals surface area contributed by atoms with E-state index in [0.717, 1.165) is 30.0 Å². The quantitative estimate of drug-likeness (QED) is 0.531. The predicted octanol–water partition coefficient (Wildman–Crippen LogP) is 2.94. The van der Waals surface area contributed by atoms with Gasteiger partial charge >= 0.3 is 5.97 Å². The second kappa shape index (κ2) is 9.28. The Bertz CT molecular complexity index is 977. The van der Waals surface area contributed by atoms with E-state index in [1.165, 1.54) is 6.21 Å². The molecule has 0 saturated carbocycles. The number of thioether (sulfide) groups is 1. The lowest BCUT2D eigenvalue weighted by Gasteiger charge is -2.08. The van der Waals surface area contributed by atoms with Crippen LogP contribution in [0, 0.1) is 11.6 Å². The van der Waals surface area contributed by atoms with Crippen LogP contribution >= 0.6 is 11.8 Å². The van der Waals surface area contributed by atoms with Crippen molar-refractivity contribution in [2.24, 2.45) is 10.2 Å². The minimum Gasteiger partial charge on any atom is -0.489 e. The summed E-state index contributed by atoms with van der Waals surface area (Å²) in [4.78, 5) is 22.4. The van der Waals surface area contributed by atoms with Crippen LogP contribution < -0.4 is 10.1 Å². The Kier molecular flexibility index (Phi) is 6.55. The van der Waals surface area contributed by atoms with Gasteiger partial charge in [0.15, 0.2) is 5.17 Å². The molecule has 0 bridgehead atoms. The summed E-state index contributed by atoms with van der Waals surface area (Å²) in [5.74, 6) is -2.91. The van der Waals surface area contributed by atoms with Crippen molar-refractivity contribution in [1.82, 2.24) is 5.32 Å². The molecule has 2 aromatic carbocycles. The molecule has 10 heteroatoms. The van der Waals surface area contributed by atoms with E-state index in [2.05, 4.69) is 15.5 Å². The lowest BCUT2D eigenvalue weighted by Crippen LogP contribution is -2.26. The average molecular weight is 419 g/mol. The first-order chi connectivity index (χ1) is 13.9. The molecule has 1 saturated heterocycles. The maximum absolute atomic E-state index is 13.3. The zero-order chi connectivity index (χ0) is 20.8. The van der Waals surface area contributed by atoms with Gasteiger partial charge in [-0.1, -0.05) is 36.0 Å². The number of aliphatic carboxylic acids is 1. The lowest BCUT2D eigenvalue weighted by atomic mass is 10.1. The monoisotopic (exact) mass is 419 g/mol. The van der Waals surface area contributed by atoms with Crippen molar-refractivity contribution in [2.45, 2.75) is 18.3 Å². The number of carbonyl (C=O) groups is 2. The standard InChI is InChI=1S/C19H15F2N3O4S/c20-13-5-14(21)7-15(6-13)28-10-12-4-2-1-3-11(12)9-22-24-19-23-18(27)16(29-19)8-17(25)26/h1-7,9,16H,8,10H2,(H,25,26)(H,23,24,27). The molecule has 1 fully saturated rings. The molecule has 2 aromatic rings. The number of carboxylic acid groups (broad SMARTS) is 1. The predicted molar refractivity (Wildman–Crippen MR) is 104 cm³/mol. The number of hydrogen-bond donors (Lipinski definition) is 2. The highest BCUT2D eigenvalue weighted by Gasteiger charge is 2.32. The van der Waals surface area contributed by atoms with E-state index >= 15 is 0 Å². The fourth-order valence-corrected chi connectivity index (χ4v) is 3.37. The van der Waals surface area contributed by atoms with Crippen LogP contribution in [0.4, 0.5) is 8.78 Å². The van der Waals surface area contributed by atoms with E-state index in [0.29, 0.717) is 11.1 Å². The number of hydrogen-bond acceptors (Lipinski definition) is 6. The van der Waals surface area contributed by atoms with Crippen molar-refractivity contribution in [2.75, 3.05) is 0 Å². The van der Waals surface area contributed by atoms with Gasteiger partial charge in [0.05, 0.1) is 12.6 Å². The zero-order valence-corrected chi connectivity index (χ0v) is 15.7. The first-order valence-electron chi connectivity index (χ1n) is 8.38. The minimum atomic E-state index is -1.07. The number of nitrogens with one attached hydrogen (secondary N) is 1. The van der Waals surface area contributed by atoms with Crippen LogP contribution in [-0.4, -0.2) is 33.6 Å². The van der Waals surface area contributed by atoms with Crippen molar-refractivity contribution in [3.63, 3.8) is 0 Å². The first kappa shape index (κ1) is 20.5. The van der Waals surface area contributed by atoms with E-state index in [1.54, 1.807) is 24.3 Å². The minimum absolute atomic E-state index is 0.0494. The summed E-state index contributed by atoms with van der Waals surface area (Å²) in [6, 6.07) is 9.99. The topological polar surface area (TPSA) is 100 Å². The molecule has 2 N–H and O–H groups in total. The summed E-state index contributed by atoms with van der Waals surface area (Å²) < 4.78 is 31.9. The Labute approximate surface area is 168 Å². The molecule has 0 spiro atoms. The van der Waals surface area contributed by atoms with Crippen molar-refractivity contribution < 1.29 is 28.2 Å². The van der Waals surface area contributed by atoms with Gasteiger partial charge in [0.1, 0.15) is 29.2 Å². The van der Waals surface area contributed by atoms with Gasteiger partial charge in [-0.15, -0.1) is 5.10 Å². The fourth-order valence-electron chi connectivity index (χ4n) is 2.45. The van der Waals surface area contributed by atoms with Crippen LogP contribution in [0.15, 0.2) is 52.7 Å². The Morgan fingerprint density at radius 2 is 1.97 bits per heavy atom. The molecule has 1 atom stereocenters. The van der Waals surface area contributed by atoms with E-state index in [9.17, 15) is 18.4 Å². The van der Waals surface area contributed by atoms with Crippen LogP contribution in [0.5, 0.6) is 5.75 Å². The normalized spacial score (nSPS) is 17.7. The molecule has 7 nitrogen and oxygen atoms in total. The molecule has 1 amide bonds. The van der Waals surface area contributed by atoms with E-state index in [4.69, 9.17) is 9.84 Å². The molecular weight excluding hydrogens is 404 g/mol. The van der Waals surface area contributed by atoms with Gasteiger partial charge in [-0.2, -0.15) is 5.10 Å². The maximum atomic E-state index is 13.3. The van der Waals surface area contributed by atoms with Crippen LogP contribution in [0.3, 0.4) is 0 Å². The molecule has 150 valence electrons. The molecular formula is C19H15F2N3O4S. The summed E-state index contributed by atoms with van der Waals surface area (Å²) in [7, 11) is 0. The maximum Gasteiger partial charge on any atom is 0.305 e. The fraction of sp³-hybridized carbons (Fsp3) is 0.158. The Balaban J connectivity index is 1.66. The highest BCUT2D eigenvalue weighted by molar-refractivity contribution is 8.15. The third kappa shape index (κ3) is 5.85. The highest BCUT2D eigenvalue weighted by Crippen LogP contribution is 2.22. The number of carboxylic acids is 1. The van der Waals surface area contributed by atoms with Crippen molar-refractivity contribution >= 4 is 35.0 Å². The number of amidine groups is 1. The number of rotatable bonds is 7. The smallest absolute Gasteiger partial charge is 0.305 e. The second-order valence-electron chi connectivity index (χ2n) is 5.94. The summed E-state index contributed by atoms with van der Waals surface area (Å²) >= 11 is 0.996. The molecule has 3 rings (SSSR count). The molecule has 29 heavy (non-hydrogen) atoms. The molecule has 1 aliphatic rings. The first-order valence-corrected chi connectivity index (χ1v) is 9.26. The molecule has 1 heterocycles. The van der Waals surface area contributed by atoms with Gasteiger partial charge < -0.3 is 15.2 Å². The molecule has 0 aromatic heterocycles. The van der Waals surface area contributed by atoms with Gasteiger partial charge in [0.2, 0.25) is 5.91 Å². The van der Waals surface area contributed by atoms with Crippen molar-refractivity contribution in [3.8, 4) is 5.75 Å². The number of ether oxygens (including phenoxy) is 1. The van der Waals surface area contributed by atoms with Gasteiger partial charge in [0, 0.05) is 23.8 Å². The van der Waals surface area contributed by atoms with Crippen LogP contribution in [0.25, 0.3) is 0 Å². The Hall–Kier alpha value is -3.27. The number of benzene rings is 2. The van der Waals surface area contributed by atoms with E-state index < -0.39 is 28.8 Å². The van der Waals surface area contributed by atoms with E-state index in [-0.39, 0.29) is 23.9 Å². The largest absolute Gasteiger partial charge is 0.489 e. The second-order valence-corrected chi connectivity index (χ2v) is 7.13. The summed E-state index contributed by atoms with van der Waals surface area (Å²) in [5.41, 5.74) is 1.36. The number of carbonyl (C=O) groups excluding carboxylic acids is 1. The lowest BCUT2D eigenvalue weighted by molar-refractivity contribution is -0.138. The average Bonchev–Trinajstić information content (AvgIpc) is 2.99. The number of halogens is 2. The van der Waals surface area contributed by atoms with Gasteiger partial charge in [-0.3, -0.25) is 9.59 Å². The summed E-state index contributed by atoms with van der Waals surface area (Å²) in [6.45, 7) is 0.0494.